The summed E-state index contributed by atoms with van der Waals surface area (Å²) in [5.74, 6) is 0.696. The topological polar surface area (TPSA) is 69.6 Å². The van der Waals surface area contributed by atoms with Crippen LogP contribution in [0, 0.1) is 0 Å². The fourth-order valence-corrected chi connectivity index (χ4v) is 3.03. The van der Waals surface area contributed by atoms with Crippen LogP contribution >= 0.6 is 23.2 Å². The first-order valence-electron chi connectivity index (χ1n) is 6.69. The fraction of sp³-hybridized carbons (Fsp3) is 0.462. The number of hydrogen-bond donors (Lipinski definition) is 1. The number of anilines is 1. The minimum atomic E-state index is 0.351. The Morgan fingerprint density at radius 1 is 1.15 bits per heavy atom. The zero-order valence-electron chi connectivity index (χ0n) is 10.9. The Bertz CT molecular complexity index is 596. The number of nitrogen functional groups attached to an aromatic ring is 1. The number of rotatable bonds is 2. The SMILES string of the molecule is Nc1cc(-c2nnnn2C2CCCCC2)cc(Cl)c1Cl. The van der Waals surface area contributed by atoms with E-state index in [2.05, 4.69) is 15.5 Å². The second kappa shape index (κ2) is 5.58. The van der Waals surface area contributed by atoms with Crippen molar-refractivity contribution >= 4 is 28.9 Å². The van der Waals surface area contributed by atoms with Gasteiger partial charge in [-0.1, -0.05) is 42.5 Å². The van der Waals surface area contributed by atoms with Crippen molar-refractivity contribution in [2.45, 2.75) is 38.1 Å². The third-order valence-electron chi connectivity index (χ3n) is 3.73. The molecule has 1 aliphatic carbocycles. The molecule has 0 bridgehead atoms. The van der Waals surface area contributed by atoms with Crippen molar-refractivity contribution in [1.29, 1.82) is 0 Å². The maximum Gasteiger partial charge on any atom is 0.182 e. The van der Waals surface area contributed by atoms with Gasteiger partial charge in [0.25, 0.3) is 0 Å². The van der Waals surface area contributed by atoms with Gasteiger partial charge in [0.1, 0.15) is 0 Å². The third-order valence-corrected chi connectivity index (χ3v) is 4.54. The average Bonchev–Trinajstić information content (AvgIpc) is 2.94. The molecule has 0 amide bonds. The molecule has 0 atom stereocenters. The summed E-state index contributed by atoms with van der Waals surface area (Å²) in [7, 11) is 0. The molecule has 20 heavy (non-hydrogen) atoms. The standard InChI is InChI=1S/C13H15Cl2N5/c14-10-6-8(7-11(16)12(10)15)13-17-18-19-20(13)9-4-2-1-3-5-9/h6-7,9H,1-5,16H2. The van der Waals surface area contributed by atoms with Crippen LogP contribution in [-0.2, 0) is 0 Å². The number of benzene rings is 1. The molecular weight excluding hydrogens is 297 g/mol. The molecule has 0 spiro atoms. The van der Waals surface area contributed by atoms with Crippen LogP contribution in [0.2, 0.25) is 10.0 Å². The smallest absolute Gasteiger partial charge is 0.182 e. The molecule has 0 unspecified atom stereocenters. The predicted molar refractivity (Wildman–Crippen MR) is 79.8 cm³/mol. The van der Waals surface area contributed by atoms with Crippen LogP contribution in [0.4, 0.5) is 5.69 Å². The summed E-state index contributed by atoms with van der Waals surface area (Å²) in [5.41, 5.74) is 7.10. The maximum atomic E-state index is 6.08. The van der Waals surface area contributed by atoms with Gasteiger partial charge < -0.3 is 5.73 Å². The lowest BCUT2D eigenvalue weighted by Gasteiger charge is -2.22. The second-order valence-corrected chi connectivity index (χ2v) is 5.89. The Morgan fingerprint density at radius 3 is 2.60 bits per heavy atom. The second-order valence-electron chi connectivity index (χ2n) is 5.10. The van der Waals surface area contributed by atoms with Gasteiger partial charge in [-0.25, -0.2) is 4.68 Å². The molecule has 1 aromatic carbocycles. The van der Waals surface area contributed by atoms with Crippen LogP contribution in [0.1, 0.15) is 38.1 Å². The minimum Gasteiger partial charge on any atom is -0.397 e. The van der Waals surface area contributed by atoms with E-state index in [1.807, 2.05) is 4.68 Å². The summed E-state index contributed by atoms with van der Waals surface area (Å²) in [5, 5.41) is 12.8. The largest absolute Gasteiger partial charge is 0.397 e. The van der Waals surface area contributed by atoms with Crippen molar-refractivity contribution in [2.75, 3.05) is 5.73 Å². The van der Waals surface area contributed by atoms with Gasteiger partial charge in [0.15, 0.2) is 5.82 Å². The van der Waals surface area contributed by atoms with E-state index in [9.17, 15) is 0 Å². The van der Waals surface area contributed by atoms with Crippen LogP contribution in [0.25, 0.3) is 11.4 Å². The lowest BCUT2D eigenvalue weighted by molar-refractivity contribution is 0.327. The predicted octanol–water partition coefficient (Wildman–Crippen LogP) is 3.73. The highest BCUT2D eigenvalue weighted by Crippen LogP contribution is 2.35. The van der Waals surface area contributed by atoms with E-state index in [4.69, 9.17) is 28.9 Å². The number of hydrogen-bond acceptors (Lipinski definition) is 4. The number of nitrogens with two attached hydrogens (primary N) is 1. The van der Waals surface area contributed by atoms with Crippen molar-refractivity contribution in [3.8, 4) is 11.4 Å². The highest BCUT2D eigenvalue weighted by atomic mass is 35.5. The fourth-order valence-electron chi connectivity index (χ4n) is 2.69. The van der Waals surface area contributed by atoms with Crippen molar-refractivity contribution < 1.29 is 0 Å². The first-order chi connectivity index (χ1) is 9.66. The van der Waals surface area contributed by atoms with E-state index in [-0.39, 0.29) is 0 Å². The first-order valence-corrected chi connectivity index (χ1v) is 7.45. The Hall–Kier alpha value is -1.33. The molecule has 1 saturated carbocycles. The molecule has 1 fully saturated rings. The molecular formula is C13H15Cl2N5. The zero-order valence-corrected chi connectivity index (χ0v) is 12.4. The molecule has 1 heterocycles. The highest BCUT2D eigenvalue weighted by molar-refractivity contribution is 6.43. The molecule has 0 aliphatic heterocycles. The van der Waals surface area contributed by atoms with Crippen molar-refractivity contribution in [3.63, 3.8) is 0 Å². The molecule has 1 aliphatic rings. The highest BCUT2D eigenvalue weighted by Gasteiger charge is 2.21. The average molecular weight is 312 g/mol. The summed E-state index contributed by atoms with van der Waals surface area (Å²) >= 11 is 12.1. The summed E-state index contributed by atoms with van der Waals surface area (Å²) in [6.07, 6.45) is 5.93. The van der Waals surface area contributed by atoms with Gasteiger partial charge >= 0.3 is 0 Å². The lowest BCUT2D eigenvalue weighted by Crippen LogP contribution is -2.15. The zero-order chi connectivity index (χ0) is 14.1. The van der Waals surface area contributed by atoms with Gasteiger partial charge in [0.2, 0.25) is 0 Å². The Kier molecular flexibility index (Phi) is 3.81. The van der Waals surface area contributed by atoms with E-state index < -0.39 is 0 Å². The van der Waals surface area contributed by atoms with Gasteiger partial charge in [-0.3, -0.25) is 0 Å². The van der Waals surface area contributed by atoms with E-state index in [1.165, 1.54) is 19.3 Å². The number of halogens is 2. The van der Waals surface area contributed by atoms with Crippen LogP contribution in [0.5, 0.6) is 0 Å². The van der Waals surface area contributed by atoms with Gasteiger partial charge in [0.05, 0.1) is 21.8 Å². The monoisotopic (exact) mass is 311 g/mol. The van der Waals surface area contributed by atoms with Crippen LogP contribution in [-0.4, -0.2) is 20.2 Å². The van der Waals surface area contributed by atoms with Crippen LogP contribution in [0.15, 0.2) is 12.1 Å². The van der Waals surface area contributed by atoms with Gasteiger partial charge in [0, 0.05) is 5.56 Å². The Morgan fingerprint density at radius 2 is 1.90 bits per heavy atom. The van der Waals surface area contributed by atoms with E-state index in [0.29, 0.717) is 27.6 Å². The summed E-state index contributed by atoms with van der Waals surface area (Å²) in [6.45, 7) is 0. The molecule has 0 saturated heterocycles. The van der Waals surface area contributed by atoms with Crippen LogP contribution < -0.4 is 5.73 Å². The van der Waals surface area contributed by atoms with E-state index >= 15 is 0 Å². The Balaban J connectivity index is 2.00. The number of nitrogens with zero attached hydrogens (tertiary/aromatic N) is 4. The van der Waals surface area contributed by atoms with Gasteiger partial charge in [-0.15, -0.1) is 5.10 Å². The normalized spacial score (nSPS) is 16.5. The van der Waals surface area contributed by atoms with Gasteiger partial charge in [-0.2, -0.15) is 0 Å². The summed E-state index contributed by atoms with van der Waals surface area (Å²) < 4.78 is 1.89. The molecule has 0 radical (unpaired) electrons. The lowest BCUT2D eigenvalue weighted by atomic mass is 9.95. The Labute approximate surface area is 127 Å². The minimum absolute atomic E-state index is 0.351. The summed E-state index contributed by atoms with van der Waals surface area (Å²) in [6, 6.07) is 3.87. The van der Waals surface area contributed by atoms with Crippen molar-refractivity contribution in [1.82, 2.24) is 20.2 Å². The molecule has 2 aromatic rings. The quantitative estimate of drug-likeness (QED) is 0.858. The molecule has 3 rings (SSSR count). The van der Waals surface area contributed by atoms with E-state index in [1.54, 1.807) is 12.1 Å². The third kappa shape index (κ3) is 2.47. The molecule has 7 heteroatoms. The maximum absolute atomic E-state index is 6.08. The van der Waals surface area contributed by atoms with E-state index in [0.717, 1.165) is 18.4 Å². The molecule has 106 valence electrons. The van der Waals surface area contributed by atoms with Gasteiger partial charge in [-0.05, 0) is 35.4 Å². The molecule has 1 aromatic heterocycles. The van der Waals surface area contributed by atoms with Crippen molar-refractivity contribution in [2.24, 2.45) is 0 Å². The van der Waals surface area contributed by atoms with Crippen molar-refractivity contribution in [3.05, 3.63) is 22.2 Å². The molecule has 2 N–H and O–H groups in total. The van der Waals surface area contributed by atoms with Crippen LogP contribution in [0.3, 0.4) is 0 Å². The molecule has 5 nitrogen and oxygen atoms in total. The number of tetrazole rings is 1. The summed E-state index contributed by atoms with van der Waals surface area (Å²) in [4.78, 5) is 0. The number of aromatic nitrogens is 4. The first kappa shape index (κ1) is 13.6.